The third kappa shape index (κ3) is 3.81. The lowest BCUT2D eigenvalue weighted by Crippen LogP contribution is -2.11. The standard InChI is InChI=1S/C14H18N4O2/c1-8(2)19-13-16-12(15)17-14(18-13)20-11-6-9(3)5-10(4)7-11/h5-8H,1-4H3,(H2,15,16,17,18). The Kier molecular flexibility index (Phi) is 4.02. The Bertz CT molecular complexity index is 594. The van der Waals surface area contributed by atoms with Gasteiger partial charge >= 0.3 is 12.0 Å². The van der Waals surface area contributed by atoms with Crippen molar-refractivity contribution in [3.63, 3.8) is 0 Å². The summed E-state index contributed by atoms with van der Waals surface area (Å²) in [6.07, 6.45) is -0.0501. The molecular weight excluding hydrogens is 256 g/mol. The van der Waals surface area contributed by atoms with E-state index in [0.717, 1.165) is 11.1 Å². The third-order valence-corrected chi connectivity index (χ3v) is 2.36. The van der Waals surface area contributed by atoms with Crippen LogP contribution in [0.3, 0.4) is 0 Å². The third-order valence-electron chi connectivity index (χ3n) is 2.36. The molecule has 1 aromatic heterocycles. The number of ether oxygens (including phenoxy) is 2. The Morgan fingerprint density at radius 3 is 2.15 bits per heavy atom. The highest BCUT2D eigenvalue weighted by Gasteiger charge is 2.09. The van der Waals surface area contributed by atoms with Crippen molar-refractivity contribution >= 4 is 5.95 Å². The van der Waals surface area contributed by atoms with Gasteiger partial charge in [-0.25, -0.2) is 0 Å². The summed E-state index contributed by atoms with van der Waals surface area (Å²) >= 11 is 0. The molecule has 0 atom stereocenters. The van der Waals surface area contributed by atoms with Gasteiger partial charge < -0.3 is 15.2 Å². The van der Waals surface area contributed by atoms with E-state index >= 15 is 0 Å². The van der Waals surface area contributed by atoms with E-state index in [0.29, 0.717) is 5.75 Å². The van der Waals surface area contributed by atoms with Gasteiger partial charge in [0, 0.05) is 0 Å². The van der Waals surface area contributed by atoms with E-state index in [-0.39, 0.29) is 24.1 Å². The van der Waals surface area contributed by atoms with Crippen molar-refractivity contribution in [1.29, 1.82) is 0 Å². The predicted molar refractivity (Wildman–Crippen MR) is 76.0 cm³/mol. The Morgan fingerprint density at radius 2 is 1.55 bits per heavy atom. The largest absolute Gasteiger partial charge is 0.461 e. The van der Waals surface area contributed by atoms with Crippen molar-refractivity contribution in [2.75, 3.05) is 5.73 Å². The van der Waals surface area contributed by atoms with E-state index in [4.69, 9.17) is 15.2 Å². The van der Waals surface area contributed by atoms with Gasteiger partial charge in [-0.05, 0) is 51.0 Å². The molecule has 0 bridgehead atoms. The van der Waals surface area contributed by atoms with Crippen LogP contribution >= 0.6 is 0 Å². The molecule has 2 rings (SSSR count). The molecule has 0 aliphatic heterocycles. The van der Waals surface area contributed by atoms with Crippen LogP contribution in [0.1, 0.15) is 25.0 Å². The number of hydrogen-bond acceptors (Lipinski definition) is 6. The number of nitrogens with two attached hydrogens (primary N) is 1. The molecule has 2 N–H and O–H groups in total. The first-order chi connectivity index (χ1) is 9.42. The maximum atomic E-state index is 5.63. The van der Waals surface area contributed by atoms with Gasteiger partial charge in [0.2, 0.25) is 5.95 Å². The van der Waals surface area contributed by atoms with Crippen molar-refractivity contribution in [2.45, 2.75) is 33.8 Å². The molecule has 2 aromatic rings. The normalized spacial score (nSPS) is 10.7. The van der Waals surface area contributed by atoms with Crippen LogP contribution in [-0.4, -0.2) is 21.1 Å². The van der Waals surface area contributed by atoms with Crippen LogP contribution in [0.25, 0.3) is 0 Å². The zero-order valence-corrected chi connectivity index (χ0v) is 12.0. The smallest absolute Gasteiger partial charge is 0.330 e. The fourth-order valence-electron chi connectivity index (χ4n) is 1.76. The van der Waals surface area contributed by atoms with Crippen LogP contribution in [0.2, 0.25) is 0 Å². The van der Waals surface area contributed by atoms with Gasteiger partial charge in [0.1, 0.15) is 5.75 Å². The summed E-state index contributed by atoms with van der Waals surface area (Å²) in [6, 6.07) is 6.14. The molecule has 0 spiro atoms. The fourth-order valence-corrected chi connectivity index (χ4v) is 1.76. The average molecular weight is 274 g/mol. The van der Waals surface area contributed by atoms with Crippen molar-refractivity contribution in [1.82, 2.24) is 15.0 Å². The van der Waals surface area contributed by atoms with E-state index in [1.165, 1.54) is 0 Å². The van der Waals surface area contributed by atoms with Gasteiger partial charge in [0.05, 0.1) is 6.10 Å². The minimum absolute atomic E-state index is 0.0501. The van der Waals surface area contributed by atoms with Gasteiger partial charge in [-0.1, -0.05) is 6.07 Å². The van der Waals surface area contributed by atoms with Gasteiger partial charge in [0.25, 0.3) is 0 Å². The van der Waals surface area contributed by atoms with Crippen LogP contribution < -0.4 is 15.2 Å². The number of aryl methyl sites for hydroxylation is 2. The lowest BCUT2D eigenvalue weighted by atomic mass is 10.1. The summed E-state index contributed by atoms with van der Waals surface area (Å²) in [5.41, 5.74) is 7.82. The van der Waals surface area contributed by atoms with Gasteiger partial charge in [-0.2, -0.15) is 9.97 Å². The Morgan fingerprint density at radius 1 is 0.950 bits per heavy atom. The lowest BCUT2D eigenvalue weighted by Gasteiger charge is -2.10. The second-order valence-electron chi connectivity index (χ2n) is 4.85. The number of rotatable bonds is 4. The van der Waals surface area contributed by atoms with Crippen molar-refractivity contribution < 1.29 is 9.47 Å². The topological polar surface area (TPSA) is 83.2 Å². The van der Waals surface area contributed by atoms with E-state index in [1.807, 2.05) is 39.8 Å². The minimum atomic E-state index is -0.0501. The first-order valence-electron chi connectivity index (χ1n) is 6.37. The van der Waals surface area contributed by atoms with Gasteiger partial charge in [0.15, 0.2) is 0 Å². The van der Waals surface area contributed by atoms with Crippen LogP contribution in [-0.2, 0) is 0 Å². The second kappa shape index (κ2) is 5.73. The maximum absolute atomic E-state index is 5.63. The molecule has 1 aromatic carbocycles. The molecule has 0 radical (unpaired) electrons. The molecule has 0 saturated carbocycles. The Labute approximate surface area is 118 Å². The molecule has 106 valence electrons. The van der Waals surface area contributed by atoms with Crippen LogP contribution in [0.5, 0.6) is 17.8 Å². The summed E-state index contributed by atoms with van der Waals surface area (Å²) in [5, 5.41) is 0. The van der Waals surface area contributed by atoms with Crippen LogP contribution in [0.4, 0.5) is 5.95 Å². The predicted octanol–water partition coefficient (Wildman–Crippen LogP) is 2.65. The molecule has 0 fully saturated rings. The van der Waals surface area contributed by atoms with E-state index in [9.17, 15) is 0 Å². The number of nitrogens with zero attached hydrogens (tertiary/aromatic N) is 3. The zero-order chi connectivity index (χ0) is 14.7. The van der Waals surface area contributed by atoms with Crippen molar-refractivity contribution in [3.05, 3.63) is 29.3 Å². The summed E-state index contributed by atoms with van der Waals surface area (Å²) in [5.74, 6) is 0.721. The van der Waals surface area contributed by atoms with E-state index in [1.54, 1.807) is 0 Å². The van der Waals surface area contributed by atoms with Crippen LogP contribution in [0.15, 0.2) is 18.2 Å². The molecule has 20 heavy (non-hydrogen) atoms. The molecular formula is C14H18N4O2. The number of nitrogen functional groups attached to an aromatic ring is 1. The summed E-state index contributed by atoms with van der Waals surface area (Å²) in [7, 11) is 0. The van der Waals surface area contributed by atoms with E-state index in [2.05, 4.69) is 21.0 Å². The minimum Gasteiger partial charge on any atom is -0.461 e. The zero-order valence-electron chi connectivity index (χ0n) is 12.0. The SMILES string of the molecule is Cc1cc(C)cc(Oc2nc(N)nc(OC(C)C)n2)c1. The average Bonchev–Trinajstić information content (AvgIpc) is 2.24. The first-order valence-corrected chi connectivity index (χ1v) is 6.37. The second-order valence-corrected chi connectivity index (χ2v) is 4.85. The van der Waals surface area contributed by atoms with Crippen LogP contribution in [0, 0.1) is 13.8 Å². The van der Waals surface area contributed by atoms with Gasteiger partial charge in [-0.15, -0.1) is 4.98 Å². The quantitative estimate of drug-likeness (QED) is 0.922. The summed E-state index contributed by atoms with van der Waals surface area (Å²) in [6.45, 7) is 7.75. The summed E-state index contributed by atoms with van der Waals surface area (Å²) < 4.78 is 11.0. The highest BCUT2D eigenvalue weighted by atomic mass is 16.5. The molecule has 0 aliphatic rings. The highest BCUT2D eigenvalue weighted by molar-refractivity contribution is 5.35. The number of hydrogen-bond donors (Lipinski definition) is 1. The Balaban J connectivity index is 2.26. The maximum Gasteiger partial charge on any atom is 0.330 e. The molecule has 6 heteroatoms. The lowest BCUT2D eigenvalue weighted by molar-refractivity contribution is 0.219. The number of aromatic nitrogens is 3. The summed E-state index contributed by atoms with van der Waals surface area (Å²) in [4.78, 5) is 11.9. The number of benzene rings is 1. The van der Waals surface area contributed by atoms with Crippen molar-refractivity contribution in [2.24, 2.45) is 0 Å². The van der Waals surface area contributed by atoms with E-state index < -0.39 is 0 Å². The number of anilines is 1. The molecule has 0 saturated heterocycles. The molecule has 0 amide bonds. The molecule has 6 nitrogen and oxygen atoms in total. The van der Waals surface area contributed by atoms with Crippen molar-refractivity contribution in [3.8, 4) is 17.8 Å². The highest BCUT2D eigenvalue weighted by Crippen LogP contribution is 2.22. The fraction of sp³-hybridized carbons (Fsp3) is 0.357. The van der Waals surface area contributed by atoms with Gasteiger partial charge in [-0.3, -0.25) is 0 Å². The molecule has 0 aliphatic carbocycles. The first kappa shape index (κ1) is 14.0. The molecule has 0 unspecified atom stereocenters. The Hall–Kier alpha value is -2.37. The monoisotopic (exact) mass is 274 g/mol. The molecule has 1 heterocycles.